The molecule has 122 valence electrons. The highest BCUT2D eigenvalue weighted by atomic mass is 16.4. The standard InChI is InChI=1S/C19H24N2O2/c1-14-10-15(2)13-21(12-14)19(22)9-8-18-20-11-17(23-18)16-6-4-3-5-7-16/h3-7,11,14-15H,8-10,12-13H2,1-2H3. The van der Waals surface area contributed by atoms with Crippen LogP contribution in [0.3, 0.4) is 0 Å². The van der Waals surface area contributed by atoms with Crippen LogP contribution in [0.15, 0.2) is 40.9 Å². The number of nitrogens with zero attached hydrogens (tertiary/aromatic N) is 2. The average molecular weight is 312 g/mol. The molecule has 4 nitrogen and oxygen atoms in total. The fourth-order valence-corrected chi connectivity index (χ4v) is 3.40. The van der Waals surface area contributed by atoms with Gasteiger partial charge in [-0.3, -0.25) is 4.79 Å². The van der Waals surface area contributed by atoms with E-state index in [1.165, 1.54) is 6.42 Å². The van der Waals surface area contributed by atoms with Crippen LogP contribution in [0.2, 0.25) is 0 Å². The van der Waals surface area contributed by atoms with Crippen molar-refractivity contribution in [3.8, 4) is 11.3 Å². The number of aryl methyl sites for hydroxylation is 1. The van der Waals surface area contributed by atoms with Crippen molar-refractivity contribution >= 4 is 5.91 Å². The van der Waals surface area contributed by atoms with E-state index in [1.807, 2.05) is 35.2 Å². The Balaban J connectivity index is 1.56. The van der Waals surface area contributed by atoms with Gasteiger partial charge in [0.15, 0.2) is 11.7 Å². The van der Waals surface area contributed by atoms with E-state index in [4.69, 9.17) is 4.42 Å². The number of benzene rings is 1. The predicted octanol–water partition coefficient (Wildman–Crippen LogP) is 3.78. The topological polar surface area (TPSA) is 46.3 Å². The Morgan fingerprint density at radius 3 is 2.61 bits per heavy atom. The highest BCUT2D eigenvalue weighted by molar-refractivity contribution is 5.76. The summed E-state index contributed by atoms with van der Waals surface area (Å²) < 4.78 is 5.77. The molecule has 1 saturated heterocycles. The van der Waals surface area contributed by atoms with Gasteiger partial charge in [0.25, 0.3) is 0 Å². The summed E-state index contributed by atoms with van der Waals surface area (Å²) in [5.74, 6) is 2.79. The van der Waals surface area contributed by atoms with E-state index >= 15 is 0 Å². The van der Waals surface area contributed by atoms with Crippen LogP contribution < -0.4 is 0 Å². The number of piperidine rings is 1. The SMILES string of the molecule is CC1CC(C)CN(C(=O)CCc2ncc(-c3ccccc3)o2)C1. The molecule has 2 heterocycles. The zero-order chi connectivity index (χ0) is 16.2. The first kappa shape index (κ1) is 15.8. The molecule has 1 aromatic heterocycles. The van der Waals surface area contributed by atoms with Crippen molar-refractivity contribution < 1.29 is 9.21 Å². The molecular weight excluding hydrogens is 288 g/mol. The lowest BCUT2D eigenvalue weighted by molar-refractivity contribution is -0.133. The monoisotopic (exact) mass is 312 g/mol. The lowest BCUT2D eigenvalue weighted by Gasteiger charge is -2.35. The van der Waals surface area contributed by atoms with E-state index in [0.717, 1.165) is 24.4 Å². The molecule has 23 heavy (non-hydrogen) atoms. The van der Waals surface area contributed by atoms with Gasteiger partial charge in [-0.25, -0.2) is 4.98 Å². The molecule has 1 aromatic carbocycles. The Kier molecular flexibility index (Phi) is 4.79. The van der Waals surface area contributed by atoms with Gasteiger partial charge in [0.2, 0.25) is 5.91 Å². The van der Waals surface area contributed by atoms with Gasteiger partial charge in [-0.05, 0) is 18.3 Å². The molecule has 2 aromatic rings. The van der Waals surface area contributed by atoms with Crippen LogP contribution in [0, 0.1) is 11.8 Å². The number of aromatic nitrogens is 1. The molecule has 1 fully saturated rings. The van der Waals surface area contributed by atoms with Crippen LogP contribution in [-0.2, 0) is 11.2 Å². The van der Waals surface area contributed by atoms with E-state index in [-0.39, 0.29) is 5.91 Å². The first-order valence-electron chi connectivity index (χ1n) is 8.39. The van der Waals surface area contributed by atoms with E-state index in [0.29, 0.717) is 30.6 Å². The van der Waals surface area contributed by atoms with E-state index in [1.54, 1.807) is 6.20 Å². The minimum Gasteiger partial charge on any atom is -0.441 e. The summed E-state index contributed by atoms with van der Waals surface area (Å²) in [5.41, 5.74) is 1.01. The molecule has 0 saturated carbocycles. The van der Waals surface area contributed by atoms with Crippen molar-refractivity contribution in [1.82, 2.24) is 9.88 Å². The number of hydrogen-bond donors (Lipinski definition) is 0. The minimum atomic E-state index is 0.211. The van der Waals surface area contributed by atoms with Crippen molar-refractivity contribution in [3.05, 3.63) is 42.4 Å². The number of rotatable bonds is 4. The normalized spacial score (nSPS) is 21.4. The van der Waals surface area contributed by atoms with Crippen LogP contribution in [0.5, 0.6) is 0 Å². The highest BCUT2D eigenvalue weighted by Gasteiger charge is 2.25. The molecule has 1 aliphatic rings. The van der Waals surface area contributed by atoms with Crippen LogP contribution in [0.4, 0.5) is 0 Å². The van der Waals surface area contributed by atoms with Crippen molar-refractivity contribution in [3.63, 3.8) is 0 Å². The Hall–Kier alpha value is -2.10. The van der Waals surface area contributed by atoms with Crippen molar-refractivity contribution in [2.24, 2.45) is 11.8 Å². The third-order valence-electron chi connectivity index (χ3n) is 4.39. The van der Waals surface area contributed by atoms with Gasteiger partial charge in [0.1, 0.15) is 0 Å². The molecule has 0 spiro atoms. The van der Waals surface area contributed by atoms with Crippen LogP contribution in [0.25, 0.3) is 11.3 Å². The van der Waals surface area contributed by atoms with Gasteiger partial charge in [0, 0.05) is 31.5 Å². The quantitative estimate of drug-likeness (QED) is 0.863. The fraction of sp³-hybridized carbons (Fsp3) is 0.474. The molecule has 1 aliphatic heterocycles. The Bertz CT molecular complexity index is 640. The minimum absolute atomic E-state index is 0.211. The third-order valence-corrected chi connectivity index (χ3v) is 4.39. The maximum atomic E-state index is 12.4. The molecular formula is C19H24N2O2. The van der Waals surface area contributed by atoms with Crippen LogP contribution in [0.1, 0.15) is 32.6 Å². The second kappa shape index (κ2) is 6.99. The van der Waals surface area contributed by atoms with E-state index in [2.05, 4.69) is 18.8 Å². The Morgan fingerprint density at radius 2 is 1.91 bits per heavy atom. The van der Waals surface area contributed by atoms with Gasteiger partial charge in [0.05, 0.1) is 6.20 Å². The maximum Gasteiger partial charge on any atom is 0.223 e. The molecule has 0 aliphatic carbocycles. The molecule has 1 amide bonds. The molecule has 3 rings (SSSR count). The zero-order valence-corrected chi connectivity index (χ0v) is 13.9. The predicted molar refractivity (Wildman–Crippen MR) is 89.8 cm³/mol. The van der Waals surface area contributed by atoms with Gasteiger partial charge in [-0.1, -0.05) is 44.2 Å². The number of likely N-dealkylation sites (tertiary alicyclic amines) is 1. The smallest absolute Gasteiger partial charge is 0.223 e. The second-order valence-electron chi connectivity index (χ2n) is 6.73. The summed E-state index contributed by atoms with van der Waals surface area (Å²) in [6.45, 7) is 6.19. The van der Waals surface area contributed by atoms with Crippen LogP contribution in [-0.4, -0.2) is 28.9 Å². The summed E-state index contributed by atoms with van der Waals surface area (Å²) in [6, 6.07) is 9.90. The van der Waals surface area contributed by atoms with Crippen molar-refractivity contribution in [1.29, 1.82) is 0 Å². The average Bonchev–Trinajstić information content (AvgIpc) is 3.01. The van der Waals surface area contributed by atoms with Crippen LogP contribution >= 0.6 is 0 Å². The summed E-state index contributed by atoms with van der Waals surface area (Å²) in [5, 5.41) is 0. The first-order valence-corrected chi connectivity index (χ1v) is 8.39. The molecule has 4 heteroatoms. The number of carbonyl (C=O) groups is 1. The van der Waals surface area contributed by atoms with Crippen molar-refractivity contribution in [2.45, 2.75) is 33.1 Å². The number of oxazole rings is 1. The summed E-state index contributed by atoms with van der Waals surface area (Å²) >= 11 is 0. The Labute approximate surface area is 137 Å². The summed E-state index contributed by atoms with van der Waals surface area (Å²) in [6.07, 6.45) is 3.98. The highest BCUT2D eigenvalue weighted by Crippen LogP contribution is 2.23. The molecule has 0 radical (unpaired) electrons. The van der Waals surface area contributed by atoms with Gasteiger partial charge in [-0.15, -0.1) is 0 Å². The molecule has 0 bridgehead atoms. The second-order valence-corrected chi connectivity index (χ2v) is 6.73. The molecule has 0 N–H and O–H groups in total. The fourth-order valence-electron chi connectivity index (χ4n) is 3.40. The lowest BCUT2D eigenvalue weighted by Crippen LogP contribution is -2.42. The summed E-state index contributed by atoms with van der Waals surface area (Å²) in [7, 11) is 0. The van der Waals surface area contributed by atoms with E-state index < -0.39 is 0 Å². The number of hydrogen-bond acceptors (Lipinski definition) is 3. The zero-order valence-electron chi connectivity index (χ0n) is 13.9. The lowest BCUT2D eigenvalue weighted by atomic mass is 9.91. The maximum absolute atomic E-state index is 12.4. The van der Waals surface area contributed by atoms with Gasteiger partial charge in [-0.2, -0.15) is 0 Å². The van der Waals surface area contributed by atoms with Gasteiger partial charge >= 0.3 is 0 Å². The third kappa shape index (κ3) is 4.01. The number of amides is 1. The van der Waals surface area contributed by atoms with Crippen molar-refractivity contribution in [2.75, 3.05) is 13.1 Å². The largest absolute Gasteiger partial charge is 0.441 e. The van der Waals surface area contributed by atoms with E-state index in [9.17, 15) is 4.79 Å². The summed E-state index contributed by atoms with van der Waals surface area (Å²) in [4.78, 5) is 18.7. The van der Waals surface area contributed by atoms with Gasteiger partial charge < -0.3 is 9.32 Å². The molecule has 2 atom stereocenters. The Morgan fingerprint density at radius 1 is 1.22 bits per heavy atom. The number of carbonyl (C=O) groups excluding carboxylic acids is 1. The first-order chi connectivity index (χ1) is 11.1. The molecule has 2 unspecified atom stereocenters.